The summed E-state index contributed by atoms with van der Waals surface area (Å²) in [5, 5.41) is 2.78. The van der Waals surface area contributed by atoms with E-state index in [-0.39, 0.29) is 12.5 Å². The van der Waals surface area contributed by atoms with E-state index in [9.17, 15) is 19.2 Å². The van der Waals surface area contributed by atoms with E-state index in [4.69, 9.17) is 18.9 Å². The lowest BCUT2D eigenvalue weighted by molar-refractivity contribution is -0.164. The fraction of sp³-hybridized carbons (Fsp3) is 0.543. The number of aryl methyl sites for hydroxylation is 1. The van der Waals surface area contributed by atoms with Gasteiger partial charge in [0.1, 0.15) is 17.9 Å². The summed E-state index contributed by atoms with van der Waals surface area (Å²) in [4.78, 5) is 53.7. The molecule has 1 heterocycles. The number of esters is 1. The Kier molecular flexibility index (Phi) is 13.2. The minimum atomic E-state index is -0.854. The average Bonchev–Trinajstić information content (AvgIpc) is 3.07. The monoisotopic (exact) mass is 624 g/mol. The molecule has 0 saturated carbocycles. The molecular formula is C35H48N2O8. The Balaban J connectivity index is 1.85. The van der Waals surface area contributed by atoms with Crippen molar-refractivity contribution in [2.24, 2.45) is 5.41 Å². The molecule has 1 aliphatic heterocycles. The fourth-order valence-electron chi connectivity index (χ4n) is 5.12. The van der Waals surface area contributed by atoms with Crippen molar-refractivity contribution in [3.8, 4) is 17.2 Å². The van der Waals surface area contributed by atoms with Gasteiger partial charge in [0.2, 0.25) is 5.78 Å². The molecule has 0 aromatic heterocycles. The van der Waals surface area contributed by atoms with Crippen LogP contribution in [0.1, 0.15) is 83.5 Å². The number of likely N-dealkylation sites (tertiary alicyclic amines) is 1. The first-order chi connectivity index (χ1) is 21.5. The van der Waals surface area contributed by atoms with E-state index >= 15 is 0 Å². The molecule has 3 rings (SSSR count). The number of hydrogen-bond donors (Lipinski definition) is 1. The highest BCUT2D eigenvalue weighted by molar-refractivity contribution is 6.38. The zero-order valence-electron chi connectivity index (χ0n) is 27.5. The summed E-state index contributed by atoms with van der Waals surface area (Å²) in [6, 6.07) is 11.9. The van der Waals surface area contributed by atoms with Crippen molar-refractivity contribution in [1.29, 1.82) is 0 Å². The van der Waals surface area contributed by atoms with Crippen LogP contribution >= 0.6 is 0 Å². The minimum absolute atomic E-state index is 0.138. The molecule has 246 valence electrons. The Hall–Kier alpha value is -4.08. The van der Waals surface area contributed by atoms with Crippen molar-refractivity contribution in [3.63, 3.8) is 0 Å². The van der Waals surface area contributed by atoms with Gasteiger partial charge in [0.15, 0.2) is 18.1 Å². The number of ether oxygens (including phenoxy) is 4. The topological polar surface area (TPSA) is 120 Å². The second-order valence-electron chi connectivity index (χ2n) is 11.9. The van der Waals surface area contributed by atoms with Crippen molar-refractivity contribution >= 4 is 23.6 Å². The molecule has 2 amide bonds. The van der Waals surface area contributed by atoms with Gasteiger partial charge in [0.05, 0.1) is 14.2 Å². The highest BCUT2D eigenvalue weighted by Crippen LogP contribution is 2.32. The summed E-state index contributed by atoms with van der Waals surface area (Å²) < 4.78 is 22.7. The van der Waals surface area contributed by atoms with Crippen LogP contribution in [0.25, 0.3) is 0 Å². The zero-order valence-corrected chi connectivity index (χ0v) is 27.5. The maximum absolute atomic E-state index is 13.8. The maximum Gasteiger partial charge on any atom is 0.329 e. The molecule has 2 aromatic carbocycles. The van der Waals surface area contributed by atoms with Gasteiger partial charge in [-0.15, -0.1) is 0 Å². The van der Waals surface area contributed by atoms with Gasteiger partial charge in [0.25, 0.3) is 11.8 Å². The second-order valence-corrected chi connectivity index (χ2v) is 11.9. The third-order valence-electron chi connectivity index (χ3n) is 8.30. The van der Waals surface area contributed by atoms with Crippen LogP contribution < -0.4 is 19.5 Å². The van der Waals surface area contributed by atoms with Gasteiger partial charge in [-0.1, -0.05) is 45.9 Å². The molecule has 10 heteroatoms. The number of nitrogens with one attached hydrogen (secondary N) is 1. The van der Waals surface area contributed by atoms with Crippen LogP contribution in [0.3, 0.4) is 0 Å². The van der Waals surface area contributed by atoms with Crippen molar-refractivity contribution < 1.29 is 38.1 Å². The van der Waals surface area contributed by atoms with E-state index < -0.39 is 35.2 Å². The van der Waals surface area contributed by atoms with Crippen LogP contribution in [0.15, 0.2) is 42.5 Å². The Morgan fingerprint density at radius 1 is 1.00 bits per heavy atom. The van der Waals surface area contributed by atoms with E-state index in [1.807, 2.05) is 38.1 Å². The van der Waals surface area contributed by atoms with Gasteiger partial charge in [-0.25, -0.2) is 4.79 Å². The molecule has 45 heavy (non-hydrogen) atoms. The number of Topliss-reactive ketones (excluding diaryl/α,β-unsaturated/α-hetero) is 1. The number of piperidine rings is 1. The number of ketones is 1. The predicted octanol–water partition coefficient (Wildman–Crippen LogP) is 5.21. The lowest BCUT2D eigenvalue weighted by Crippen LogP contribution is -2.53. The number of benzene rings is 2. The summed E-state index contributed by atoms with van der Waals surface area (Å²) in [6.45, 7) is 8.09. The van der Waals surface area contributed by atoms with Gasteiger partial charge in [-0.2, -0.15) is 0 Å². The van der Waals surface area contributed by atoms with E-state index in [0.717, 1.165) is 18.4 Å². The number of rotatable bonds is 16. The molecule has 1 aliphatic rings. The average molecular weight is 625 g/mol. The standard InChI is InChI=1S/C35H48N2O8/c1-7-19-36-31(38)23-44-26-13-11-12-25(22-26)28(17-15-24-16-18-29(42-5)30(21-24)43-6)45-34(41)27-14-9-10-20-37(27)33(40)32(39)35(3,4)8-2/h11-13,16,18,21-22,27-28H,7-10,14-15,17,19-20,23H2,1-6H3,(H,36,38)/t27-,28+/m0/s1. The van der Waals surface area contributed by atoms with Crippen molar-refractivity contribution in [3.05, 3.63) is 53.6 Å². The molecule has 0 unspecified atom stereocenters. The SMILES string of the molecule is CCCNC(=O)COc1cccc([C@@H](CCc2ccc(OC)c(OC)c2)OC(=O)[C@@H]2CCCCN2C(=O)C(=O)C(C)(C)CC)c1. The number of carbonyl (C=O) groups excluding carboxylic acids is 4. The van der Waals surface area contributed by atoms with Gasteiger partial charge in [0, 0.05) is 18.5 Å². The van der Waals surface area contributed by atoms with E-state index in [1.54, 1.807) is 46.3 Å². The molecule has 10 nitrogen and oxygen atoms in total. The number of methoxy groups -OCH3 is 2. The van der Waals surface area contributed by atoms with Crippen LogP contribution in [-0.4, -0.2) is 68.4 Å². The molecule has 1 saturated heterocycles. The molecular weight excluding hydrogens is 576 g/mol. The van der Waals surface area contributed by atoms with Crippen molar-refractivity contribution in [2.45, 2.75) is 84.8 Å². The number of hydrogen-bond acceptors (Lipinski definition) is 8. The van der Waals surface area contributed by atoms with Gasteiger partial charge in [-0.3, -0.25) is 14.4 Å². The largest absolute Gasteiger partial charge is 0.493 e. The first-order valence-electron chi connectivity index (χ1n) is 15.8. The minimum Gasteiger partial charge on any atom is -0.493 e. The molecule has 2 atom stereocenters. The van der Waals surface area contributed by atoms with Crippen LogP contribution in [0.5, 0.6) is 17.2 Å². The smallest absolute Gasteiger partial charge is 0.329 e. The van der Waals surface area contributed by atoms with Crippen LogP contribution in [0, 0.1) is 5.41 Å². The third kappa shape index (κ3) is 9.70. The summed E-state index contributed by atoms with van der Waals surface area (Å²) in [5.41, 5.74) is 0.821. The number of amides is 2. The molecule has 0 bridgehead atoms. The van der Waals surface area contributed by atoms with Gasteiger partial charge >= 0.3 is 5.97 Å². The second kappa shape index (κ2) is 16.8. The molecule has 1 fully saturated rings. The third-order valence-corrected chi connectivity index (χ3v) is 8.30. The highest BCUT2D eigenvalue weighted by Gasteiger charge is 2.41. The highest BCUT2D eigenvalue weighted by atomic mass is 16.5. The van der Waals surface area contributed by atoms with E-state index in [0.29, 0.717) is 68.0 Å². The molecule has 1 N–H and O–H groups in total. The zero-order chi connectivity index (χ0) is 33.0. The van der Waals surface area contributed by atoms with E-state index in [2.05, 4.69) is 5.32 Å². The number of nitrogens with zero attached hydrogens (tertiary/aromatic N) is 1. The van der Waals surface area contributed by atoms with Crippen LogP contribution in [0.2, 0.25) is 0 Å². The van der Waals surface area contributed by atoms with Crippen molar-refractivity contribution in [2.75, 3.05) is 33.9 Å². The first-order valence-corrected chi connectivity index (χ1v) is 15.8. The summed E-state index contributed by atoms with van der Waals surface area (Å²) in [6.07, 6.45) is 3.48. The molecule has 0 aliphatic carbocycles. The summed E-state index contributed by atoms with van der Waals surface area (Å²) >= 11 is 0. The normalized spacial score (nSPS) is 15.5. The lowest BCUT2D eigenvalue weighted by atomic mass is 9.84. The quantitative estimate of drug-likeness (QED) is 0.200. The molecule has 0 radical (unpaired) electrons. The van der Waals surface area contributed by atoms with Gasteiger partial charge in [-0.05, 0) is 80.3 Å². The van der Waals surface area contributed by atoms with Crippen LogP contribution in [0.4, 0.5) is 0 Å². The lowest BCUT2D eigenvalue weighted by Gasteiger charge is -2.36. The predicted molar refractivity (Wildman–Crippen MR) is 170 cm³/mol. The maximum atomic E-state index is 13.8. The van der Waals surface area contributed by atoms with Gasteiger partial charge < -0.3 is 29.2 Å². The Morgan fingerprint density at radius 3 is 2.44 bits per heavy atom. The Labute approximate surface area is 266 Å². The fourth-order valence-corrected chi connectivity index (χ4v) is 5.12. The number of carbonyl (C=O) groups is 4. The Bertz CT molecular complexity index is 1320. The first kappa shape index (κ1) is 35.4. The van der Waals surface area contributed by atoms with Crippen molar-refractivity contribution in [1.82, 2.24) is 10.2 Å². The van der Waals surface area contributed by atoms with Crippen LogP contribution in [-0.2, 0) is 30.3 Å². The Morgan fingerprint density at radius 2 is 1.76 bits per heavy atom. The van der Waals surface area contributed by atoms with E-state index in [1.165, 1.54) is 4.90 Å². The summed E-state index contributed by atoms with van der Waals surface area (Å²) in [7, 11) is 3.15. The summed E-state index contributed by atoms with van der Waals surface area (Å²) in [5.74, 6) is -0.233. The molecule has 0 spiro atoms. The molecule has 2 aromatic rings.